The third-order valence-corrected chi connectivity index (χ3v) is 1.51. The van der Waals surface area contributed by atoms with Crippen LogP contribution in [0.4, 0.5) is 0 Å². The molecule has 0 radical (unpaired) electrons. The Morgan fingerprint density at radius 3 is 3.00 bits per heavy atom. The number of hydrogen-bond acceptors (Lipinski definition) is 5. The molecule has 12 heavy (non-hydrogen) atoms. The Morgan fingerprint density at radius 1 is 1.75 bits per heavy atom. The van der Waals surface area contributed by atoms with Crippen LogP contribution in [0.15, 0.2) is 0 Å². The van der Waals surface area contributed by atoms with Crippen molar-refractivity contribution in [3.05, 3.63) is 0 Å². The maximum absolute atomic E-state index is 10.8. The van der Waals surface area contributed by atoms with Gasteiger partial charge in [-0.15, -0.1) is 0 Å². The molecule has 0 aromatic carbocycles. The summed E-state index contributed by atoms with van der Waals surface area (Å²) in [6, 6.07) is 0. The van der Waals surface area contributed by atoms with Gasteiger partial charge in [-0.25, -0.2) is 4.79 Å². The molecule has 1 aliphatic heterocycles. The minimum absolute atomic E-state index is 0.143. The molecule has 1 unspecified atom stereocenters. The SMILES string of the molecule is NCCC(=O)OC1CCOC1=O. The second kappa shape index (κ2) is 4.06. The Labute approximate surface area is 69.8 Å². The van der Waals surface area contributed by atoms with Gasteiger partial charge in [0, 0.05) is 13.0 Å². The second-order valence-corrected chi connectivity index (χ2v) is 2.47. The first kappa shape index (κ1) is 8.99. The molecule has 0 aromatic heterocycles. The number of carbonyl (C=O) groups excluding carboxylic acids is 2. The summed E-state index contributed by atoms with van der Waals surface area (Å²) in [5.41, 5.74) is 5.12. The molecule has 0 bridgehead atoms. The Balaban J connectivity index is 2.30. The highest BCUT2D eigenvalue weighted by Gasteiger charge is 2.29. The van der Waals surface area contributed by atoms with Gasteiger partial charge in [0.25, 0.3) is 0 Å². The number of rotatable bonds is 3. The molecule has 0 aromatic rings. The zero-order chi connectivity index (χ0) is 8.97. The fourth-order valence-electron chi connectivity index (χ4n) is 0.920. The molecule has 68 valence electrons. The van der Waals surface area contributed by atoms with E-state index in [2.05, 4.69) is 4.74 Å². The molecule has 0 saturated carbocycles. The van der Waals surface area contributed by atoms with E-state index in [4.69, 9.17) is 10.5 Å². The summed E-state index contributed by atoms with van der Waals surface area (Å²) in [5.74, 6) is -0.901. The van der Waals surface area contributed by atoms with Gasteiger partial charge in [-0.05, 0) is 0 Å². The average molecular weight is 173 g/mol. The predicted molar refractivity (Wildman–Crippen MR) is 39.1 cm³/mol. The second-order valence-electron chi connectivity index (χ2n) is 2.47. The van der Waals surface area contributed by atoms with E-state index < -0.39 is 18.0 Å². The quantitative estimate of drug-likeness (QED) is 0.565. The van der Waals surface area contributed by atoms with E-state index in [1.165, 1.54) is 0 Å². The maximum atomic E-state index is 10.8. The molecule has 1 atom stereocenters. The molecule has 0 spiro atoms. The van der Waals surface area contributed by atoms with Crippen LogP contribution in [-0.2, 0) is 19.1 Å². The summed E-state index contributed by atoms with van der Waals surface area (Å²) < 4.78 is 9.37. The van der Waals surface area contributed by atoms with Crippen molar-refractivity contribution >= 4 is 11.9 Å². The van der Waals surface area contributed by atoms with Gasteiger partial charge in [-0.3, -0.25) is 4.79 Å². The van der Waals surface area contributed by atoms with Crippen LogP contribution in [0.25, 0.3) is 0 Å². The summed E-state index contributed by atoms with van der Waals surface area (Å²) in [5, 5.41) is 0. The van der Waals surface area contributed by atoms with Crippen molar-refractivity contribution in [1.29, 1.82) is 0 Å². The molecule has 1 heterocycles. The van der Waals surface area contributed by atoms with Crippen molar-refractivity contribution in [2.75, 3.05) is 13.2 Å². The highest BCUT2D eigenvalue weighted by atomic mass is 16.6. The van der Waals surface area contributed by atoms with Crippen LogP contribution in [0, 0.1) is 0 Å². The molecule has 0 aliphatic carbocycles. The number of cyclic esters (lactones) is 1. The van der Waals surface area contributed by atoms with Crippen molar-refractivity contribution in [2.45, 2.75) is 18.9 Å². The van der Waals surface area contributed by atoms with E-state index in [0.29, 0.717) is 13.0 Å². The van der Waals surface area contributed by atoms with Gasteiger partial charge >= 0.3 is 11.9 Å². The Hall–Kier alpha value is -1.10. The lowest BCUT2D eigenvalue weighted by Gasteiger charge is -2.06. The largest absolute Gasteiger partial charge is 0.463 e. The number of ether oxygens (including phenoxy) is 2. The lowest BCUT2D eigenvalue weighted by Crippen LogP contribution is -2.23. The lowest BCUT2D eigenvalue weighted by atomic mass is 10.3. The normalized spacial score (nSPS) is 22.1. The first-order valence-corrected chi connectivity index (χ1v) is 3.80. The standard InChI is InChI=1S/C7H11NO4/c8-3-1-6(9)12-5-2-4-11-7(5)10/h5H,1-4,8H2. The summed E-state index contributed by atoms with van der Waals surface area (Å²) in [4.78, 5) is 21.6. The zero-order valence-corrected chi connectivity index (χ0v) is 6.62. The average Bonchev–Trinajstić information content (AvgIpc) is 2.37. The summed E-state index contributed by atoms with van der Waals surface area (Å²) >= 11 is 0. The van der Waals surface area contributed by atoms with Gasteiger partial charge in [-0.2, -0.15) is 0 Å². The molecule has 2 N–H and O–H groups in total. The highest BCUT2D eigenvalue weighted by Crippen LogP contribution is 2.10. The van der Waals surface area contributed by atoms with Crippen LogP contribution >= 0.6 is 0 Å². The van der Waals surface area contributed by atoms with Gasteiger partial charge in [0.15, 0.2) is 0 Å². The van der Waals surface area contributed by atoms with Crippen LogP contribution in [-0.4, -0.2) is 31.2 Å². The van der Waals surface area contributed by atoms with Gasteiger partial charge in [0.2, 0.25) is 6.10 Å². The van der Waals surface area contributed by atoms with Crippen molar-refractivity contribution in [3.63, 3.8) is 0 Å². The van der Waals surface area contributed by atoms with Crippen LogP contribution in [0.2, 0.25) is 0 Å². The first-order valence-electron chi connectivity index (χ1n) is 3.80. The third kappa shape index (κ3) is 2.20. The zero-order valence-electron chi connectivity index (χ0n) is 6.62. The van der Waals surface area contributed by atoms with E-state index in [1.54, 1.807) is 0 Å². The summed E-state index contributed by atoms with van der Waals surface area (Å²) in [6.45, 7) is 0.569. The molecular weight excluding hydrogens is 162 g/mol. The number of hydrogen-bond donors (Lipinski definition) is 1. The molecular formula is C7H11NO4. The Bertz CT molecular complexity index is 192. The molecule has 1 aliphatic rings. The molecule has 5 heteroatoms. The fourth-order valence-corrected chi connectivity index (χ4v) is 0.920. The lowest BCUT2D eigenvalue weighted by molar-refractivity contribution is -0.160. The van der Waals surface area contributed by atoms with Crippen molar-refractivity contribution < 1.29 is 19.1 Å². The topological polar surface area (TPSA) is 78.6 Å². The van der Waals surface area contributed by atoms with Gasteiger partial charge in [-0.1, -0.05) is 0 Å². The van der Waals surface area contributed by atoms with E-state index in [0.717, 1.165) is 0 Å². The molecule has 1 saturated heterocycles. The van der Waals surface area contributed by atoms with Crippen molar-refractivity contribution in [3.8, 4) is 0 Å². The predicted octanol–water partition coefficient (Wildman–Crippen LogP) is -0.806. The first-order chi connectivity index (χ1) is 5.74. The Kier molecular flexibility index (Phi) is 3.04. The smallest absolute Gasteiger partial charge is 0.347 e. The molecule has 0 amide bonds. The number of carbonyl (C=O) groups is 2. The molecule has 1 rings (SSSR count). The third-order valence-electron chi connectivity index (χ3n) is 1.51. The number of nitrogens with two attached hydrogens (primary N) is 1. The Morgan fingerprint density at radius 2 is 2.50 bits per heavy atom. The minimum atomic E-state index is -0.705. The van der Waals surface area contributed by atoms with Gasteiger partial charge in [0.1, 0.15) is 0 Å². The monoisotopic (exact) mass is 173 g/mol. The van der Waals surface area contributed by atoms with Gasteiger partial charge in [0.05, 0.1) is 13.0 Å². The summed E-state index contributed by atoms with van der Waals surface area (Å²) in [6.07, 6.45) is -0.108. The van der Waals surface area contributed by atoms with Crippen LogP contribution in [0.3, 0.4) is 0 Å². The van der Waals surface area contributed by atoms with Crippen molar-refractivity contribution in [2.24, 2.45) is 5.73 Å². The number of esters is 2. The molecule has 1 fully saturated rings. The van der Waals surface area contributed by atoms with Crippen LogP contribution in [0.5, 0.6) is 0 Å². The van der Waals surface area contributed by atoms with Gasteiger partial charge < -0.3 is 15.2 Å². The van der Waals surface area contributed by atoms with E-state index in [9.17, 15) is 9.59 Å². The van der Waals surface area contributed by atoms with Crippen molar-refractivity contribution in [1.82, 2.24) is 0 Å². The highest BCUT2D eigenvalue weighted by molar-refractivity contribution is 5.80. The van der Waals surface area contributed by atoms with E-state index in [-0.39, 0.29) is 13.0 Å². The van der Waals surface area contributed by atoms with Crippen LogP contribution in [0.1, 0.15) is 12.8 Å². The summed E-state index contributed by atoms with van der Waals surface area (Å²) in [7, 11) is 0. The van der Waals surface area contributed by atoms with Crippen LogP contribution < -0.4 is 5.73 Å². The van der Waals surface area contributed by atoms with E-state index >= 15 is 0 Å². The fraction of sp³-hybridized carbons (Fsp3) is 0.714. The maximum Gasteiger partial charge on any atom is 0.347 e. The minimum Gasteiger partial charge on any atom is -0.463 e. The molecule has 5 nitrogen and oxygen atoms in total. The van der Waals surface area contributed by atoms with E-state index in [1.807, 2.05) is 0 Å².